The molecule has 0 spiro atoms. The Morgan fingerprint density at radius 3 is 2.59 bits per heavy atom. The molecule has 2 aromatic rings. The summed E-state index contributed by atoms with van der Waals surface area (Å²) in [6.45, 7) is 5.00. The highest BCUT2D eigenvalue weighted by Crippen LogP contribution is 2.31. The number of hydrogen-bond acceptors (Lipinski definition) is 6. The highest BCUT2D eigenvalue weighted by molar-refractivity contribution is 8.15. The van der Waals surface area contributed by atoms with Gasteiger partial charge in [-0.2, -0.15) is 0 Å². The van der Waals surface area contributed by atoms with Crippen molar-refractivity contribution in [1.29, 1.82) is 0 Å². The van der Waals surface area contributed by atoms with Gasteiger partial charge in [-0.15, -0.1) is 0 Å². The Hall–Kier alpha value is -2.71. The predicted octanol–water partition coefficient (Wildman–Crippen LogP) is 5.22. The summed E-state index contributed by atoms with van der Waals surface area (Å²) < 4.78 is 11.7. The average Bonchev–Trinajstić information content (AvgIpc) is 3.33. The van der Waals surface area contributed by atoms with Gasteiger partial charge in [0.25, 0.3) is 5.24 Å². The van der Waals surface area contributed by atoms with Crippen LogP contribution in [-0.4, -0.2) is 46.6 Å². The molecule has 0 aromatic heterocycles. The van der Waals surface area contributed by atoms with Crippen molar-refractivity contribution >= 4 is 40.6 Å². The molecular formula is C25H27ClN2O5S. The Morgan fingerprint density at radius 2 is 1.94 bits per heavy atom. The lowest BCUT2D eigenvalue weighted by molar-refractivity contribution is -0.118. The second-order valence-electron chi connectivity index (χ2n) is 8.91. The quantitative estimate of drug-likeness (QED) is 0.506. The van der Waals surface area contributed by atoms with Crippen molar-refractivity contribution in [2.45, 2.75) is 44.1 Å². The zero-order chi connectivity index (χ0) is 24.2. The van der Waals surface area contributed by atoms with E-state index in [1.165, 1.54) is 0 Å². The first kappa shape index (κ1) is 24.4. The number of imide groups is 1. The molecule has 0 bridgehead atoms. The number of ether oxygens (including phenoxy) is 2. The number of nitrogens with zero attached hydrogens (tertiary/aromatic N) is 1. The molecule has 1 N–H and O–H groups in total. The van der Waals surface area contributed by atoms with E-state index in [2.05, 4.69) is 19.2 Å². The maximum Gasteiger partial charge on any atom is 0.410 e. The molecule has 4 rings (SSSR count). The molecule has 0 saturated carbocycles. The number of hydrogen-bond donors (Lipinski definition) is 1. The van der Waals surface area contributed by atoms with Crippen LogP contribution in [0.25, 0.3) is 0 Å². The highest BCUT2D eigenvalue weighted by Gasteiger charge is 2.37. The molecular weight excluding hydrogens is 476 g/mol. The van der Waals surface area contributed by atoms with Crippen LogP contribution in [0.5, 0.6) is 5.75 Å². The number of carbonyl (C=O) groups is 3. The van der Waals surface area contributed by atoms with E-state index in [9.17, 15) is 14.4 Å². The van der Waals surface area contributed by atoms with Gasteiger partial charge in [0.2, 0.25) is 5.91 Å². The first-order chi connectivity index (χ1) is 16.3. The molecule has 2 aromatic carbocycles. The number of thioether (sulfide) groups is 1. The molecule has 0 aliphatic carbocycles. The van der Waals surface area contributed by atoms with Gasteiger partial charge >= 0.3 is 6.09 Å². The number of benzene rings is 2. The van der Waals surface area contributed by atoms with E-state index < -0.39 is 5.25 Å². The summed E-state index contributed by atoms with van der Waals surface area (Å²) >= 11 is 7.13. The molecule has 2 saturated heterocycles. The predicted molar refractivity (Wildman–Crippen MR) is 131 cm³/mol. The van der Waals surface area contributed by atoms with E-state index in [1.54, 1.807) is 11.0 Å². The summed E-state index contributed by atoms with van der Waals surface area (Å²) in [6, 6.07) is 14.7. The average molecular weight is 503 g/mol. The van der Waals surface area contributed by atoms with Gasteiger partial charge in [0.05, 0.1) is 17.8 Å². The Balaban J connectivity index is 1.37. The molecule has 2 fully saturated rings. The van der Waals surface area contributed by atoms with E-state index in [1.807, 2.05) is 42.5 Å². The van der Waals surface area contributed by atoms with Crippen LogP contribution in [0, 0.1) is 5.92 Å². The van der Waals surface area contributed by atoms with Gasteiger partial charge in [0, 0.05) is 5.02 Å². The lowest BCUT2D eigenvalue weighted by Crippen LogP contribution is -2.41. The number of amides is 3. The van der Waals surface area contributed by atoms with Crippen LogP contribution in [0.2, 0.25) is 5.02 Å². The maximum atomic E-state index is 12.7. The van der Waals surface area contributed by atoms with Gasteiger partial charge in [0.15, 0.2) is 0 Å². The summed E-state index contributed by atoms with van der Waals surface area (Å²) in [5.41, 5.74) is 1.82. The third kappa shape index (κ3) is 6.04. The fourth-order valence-corrected chi connectivity index (χ4v) is 5.20. The smallest absolute Gasteiger partial charge is 0.410 e. The molecule has 0 radical (unpaired) electrons. The fourth-order valence-electron chi connectivity index (χ4n) is 4.14. The first-order valence-corrected chi connectivity index (χ1v) is 12.5. The van der Waals surface area contributed by atoms with E-state index in [-0.39, 0.29) is 29.4 Å². The summed E-state index contributed by atoms with van der Waals surface area (Å²) in [6.07, 6.45) is 0.537. The Labute approximate surface area is 208 Å². The van der Waals surface area contributed by atoms with Crippen LogP contribution in [0.4, 0.5) is 9.59 Å². The fraction of sp³-hybridized carbons (Fsp3) is 0.400. The molecule has 1 unspecified atom stereocenters. The number of halogens is 1. The second kappa shape index (κ2) is 10.7. The summed E-state index contributed by atoms with van der Waals surface area (Å²) in [5, 5.41) is 2.21. The standard InChI is InChI=1S/C25H27ClN2O5S/c1-15(2)10-19(28-13-21(33-25(28)31)17-4-3-5-18(26)12-17)14-32-20-8-6-16(7-9-20)11-22-23(29)27-24(30)34-22/h3-9,12,15,19,21-22H,10-11,13-14H2,1-2H3,(H,27,29,30)/t19-,21+,22?/m1/s1. The summed E-state index contributed by atoms with van der Waals surface area (Å²) in [7, 11) is 0. The molecule has 9 heteroatoms. The normalized spacial score (nSPS) is 21.1. The van der Waals surface area contributed by atoms with Crippen molar-refractivity contribution in [1.82, 2.24) is 10.2 Å². The minimum atomic E-state index is -0.400. The van der Waals surface area contributed by atoms with Gasteiger partial charge < -0.3 is 9.47 Å². The molecule has 2 aliphatic rings. The molecule has 34 heavy (non-hydrogen) atoms. The van der Waals surface area contributed by atoms with E-state index >= 15 is 0 Å². The van der Waals surface area contributed by atoms with Gasteiger partial charge in [0.1, 0.15) is 18.5 Å². The van der Waals surface area contributed by atoms with Crippen LogP contribution in [-0.2, 0) is 16.0 Å². The Morgan fingerprint density at radius 1 is 1.18 bits per heavy atom. The van der Waals surface area contributed by atoms with Crippen molar-refractivity contribution in [2.24, 2.45) is 5.92 Å². The first-order valence-electron chi connectivity index (χ1n) is 11.2. The van der Waals surface area contributed by atoms with E-state index in [4.69, 9.17) is 21.1 Å². The van der Waals surface area contributed by atoms with Crippen molar-refractivity contribution in [3.8, 4) is 5.75 Å². The van der Waals surface area contributed by atoms with Crippen LogP contribution >= 0.6 is 23.4 Å². The molecule has 2 heterocycles. The van der Waals surface area contributed by atoms with Crippen molar-refractivity contribution < 1.29 is 23.9 Å². The largest absolute Gasteiger partial charge is 0.491 e. The van der Waals surface area contributed by atoms with Gasteiger partial charge in [-0.05, 0) is 54.2 Å². The minimum Gasteiger partial charge on any atom is -0.491 e. The summed E-state index contributed by atoms with van der Waals surface area (Å²) in [5.74, 6) is 0.795. The summed E-state index contributed by atoms with van der Waals surface area (Å²) in [4.78, 5) is 37.6. The molecule has 180 valence electrons. The Bertz CT molecular complexity index is 1060. The van der Waals surface area contributed by atoms with Gasteiger partial charge in [-0.1, -0.05) is 61.5 Å². The lowest BCUT2D eigenvalue weighted by atomic mass is 10.0. The van der Waals surface area contributed by atoms with Crippen molar-refractivity contribution in [3.63, 3.8) is 0 Å². The zero-order valence-corrected chi connectivity index (χ0v) is 20.6. The third-order valence-electron chi connectivity index (χ3n) is 5.80. The van der Waals surface area contributed by atoms with Crippen molar-refractivity contribution in [3.05, 3.63) is 64.7 Å². The second-order valence-corrected chi connectivity index (χ2v) is 10.5. The SMILES string of the molecule is CC(C)C[C@H](COc1ccc(CC2SC(=O)NC2=O)cc1)N1C[C@@H](c2cccc(Cl)c2)OC1=O. The maximum absolute atomic E-state index is 12.7. The van der Waals surface area contributed by atoms with Gasteiger partial charge in [-0.25, -0.2) is 4.79 Å². The number of cyclic esters (lactones) is 1. The zero-order valence-electron chi connectivity index (χ0n) is 19.0. The highest BCUT2D eigenvalue weighted by atomic mass is 35.5. The van der Waals surface area contributed by atoms with Crippen molar-refractivity contribution in [2.75, 3.05) is 13.2 Å². The number of nitrogens with one attached hydrogen (secondary N) is 1. The molecule has 3 atom stereocenters. The van der Waals surface area contributed by atoms with E-state index in [0.717, 1.165) is 29.3 Å². The third-order valence-corrected chi connectivity index (χ3v) is 7.02. The number of carbonyl (C=O) groups excluding carboxylic acids is 3. The molecule has 3 amide bonds. The van der Waals surface area contributed by atoms with Crippen LogP contribution in [0.15, 0.2) is 48.5 Å². The monoisotopic (exact) mass is 502 g/mol. The van der Waals surface area contributed by atoms with Crippen LogP contribution in [0.1, 0.15) is 37.5 Å². The van der Waals surface area contributed by atoms with Gasteiger partial charge in [-0.3, -0.25) is 19.8 Å². The lowest BCUT2D eigenvalue weighted by Gasteiger charge is -2.27. The van der Waals surface area contributed by atoms with Crippen LogP contribution in [0.3, 0.4) is 0 Å². The molecule has 7 nitrogen and oxygen atoms in total. The topological polar surface area (TPSA) is 84.9 Å². The Kier molecular flexibility index (Phi) is 7.68. The molecule has 2 aliphatic heterocycles. The van der Waals surface area contributed by atoms with Crippen LogP contribution < -0.4 is 10.1 Å². The minimum absolute atomic E-state index is 0.138. The van der Waals surface area contributed by atoms with E-state index in [0.29, 0.717) is 36.3 Å². The number of rotatable bonds is 9.